The second-order valence-corrected chi connectivity index (χ2v) is 8.44. The molecule has 156 valence electrons. The van der Waals surface area contributed by atoms with Gasteiger partial charge in [-0.2, -0.15) is 13.2 Å². The van der Waals surface area contributed by atoms with Crippen LogP contribution in [0, 0.1) is 5.92 Å². The summed E-state index contributed by atoms with van der Waals surface area (Å²) in [5, 5.41) is 13.4. The molecule has 0 radical (unpaired) electrons. The summed E-state index contributed by atoms with van der Waals surface area (Å²) in [5.74, 6) is 0.0788. The van der Waals surface area contributed by atoms with Gasteiger partial charge >= 0.3 is 6.18 Å². The number of anilines is 1. The number of alkyl halides is 3. The summed E-state index contributed by atoms with van der Waals surface area (Å²) in [7, 11) is 0. The van der Waals surface area contributed by atoms with Gasteiger partial charge in [0.15, 0.2) is 0 Å². The largest absolute Gasteiger partial charge is 0.418 e. The first-order valence-electron chi connectivity index (χ1n) is 9.86. The molecule has 0 bridgehead atoms. The number of amides is 1. The van der Waals surface area contributed by atoms with Crippen LogP contribution in [0.3, 0.4) is 0 Å². The molecule has 1 aliphatic carbocycles. The third kappa shape index (κ3) is 4.32. The van der Waals surface area contributed by atoms with Crippen LogP contribution in [0.25, 0.3) is 10.9 Å². The number of aromatic nitrogens is 1. The predicted octanol–water partition coefficient (Wildman–Crippen LogP) is 3.50. The molecule has 1 saturated carbocycles. The molecule has 1 aromatic carbocycles. The molecule has 5 nitrogen and oxygen atoms in total. The topological polar surface area (TPSA) is 65.5 Å². The van der Waals surface area contributed by atoms with Crippen molar-refractivity contribution >= 4 is 22.5 Å². The molecule has 1 aliphatic heterocycles. The van der Waals surface area contributed by atoms with Gasteiger partial charge in [-0.1, -0.05) is 6.92 Å². The molecule has 1 amide bonds. The molecule has 2 aromatic rings. The summed E-state index contributed by atoms with van der Waals surface area (Å²) >= 11 is 0. The Morgan fingerprint density at radius 3 is 2.76 bits per heavy atom. The van der Waals surface area contributed by atoms with Crippen LogP contribution < -0.4 is 10.2 Å². The van der Waals surface area contributed by atoms with Gasteiger partial charge in [0.1, 0.15) is 0 Å². The first kappa shape index (κ1) is 19.9. The van der Waals surface area contributed by atoms with Gasteiger partial charge in [0, 0.05) is 36.4 Å². The molecular formula is C21H24F3N3O2. The third-order valence-corrected chi connectivity index (χ3v) is 5.73. The van der Waals surface area contributed by atoms with Crippen LogP contribution in [0.2, 0.25) is 0 Å². The summed E-state index contributed by atoms with van der Waals surface area (Å²) in [5.41, 5.74) is -0.969. The van der Waals surface area contributed by atoms with Crippen LogP contribution in [0.4, 0.5) is 18.9 Å². The fourth-order valence-electron chi connectivity index (χ4n) is 4.21. The van der Waals surface area contributed by atoms with Gasteiger partial charge in [-0.05, 0) is 49.4 Å². The van der Waals surface area contributed by atoms with E-state index in [0.717, 1.165) is 12.5 Å². The minimum Gasteiger partial charge on any atom is -0.389 e. The first-order chi connectivity index (χ1) is 13.6. The van der Waals surface area contributed by atoms with Crippen molar-refractivity contribution in [1.29, 1.82) is 0 Å². The van der Waals surface area contributed by atoms with E-state index in [1.54, 1.807) is 12.1 Å². The fourth-order valence-corrected chi connectivity index (χ4v) is 4.21. The summed E-state index contributed by atoms with van der Waals surface area (Å²) in [6, 6.07) is 5.75. The maximum atomic E-state index is 13.4. The molecule has 2 N–H and O–H groups in total. The lowest BCUT2D eigenvalue weighted by molar-refractivity contribution is -0.136. The molecule has 8 heteroatoms. The zero-order chi connectivity index (χ0) is 20.8. The number of hydrogen-bond donors (Lipinski definition) is 2. The number of aliphatic hydroxyl groups is 1. The molecule has 2 atom stereocenters. The highest BCUT2D eigenvalue weighted by Gasteiger charge is 2.42. The predicted molar refractivity (Wildman–Crippen MR) is 103 cm³/mol. The van der Waals surface area contributed by atoms with Crippen molar-refractivity contribution in [3.8, 4) is 0 Å². The SMILES string of the molecule is C[C@H]1C[C@@H](NC(=O)CC2(O)CC2)CN(c2ccc(C(F)(F)F)c3ncccc23)C1. The number of nitrogens with one attached hydrogen (secondary N) is 1. The molecule has 4 rings (SSSR count). The molecule has 0 unspecified atom stereocenters. The zero-order valence-electron chi connectivity index (χ0n) is 16.2. The van der Waals surface area contributed by atoms with E-state index in [2.05, 4.69) is 17.2 Å². The Labute approximate surface area is 166 Å². The van der Waals surface area contributed by atoms with Crippen LogP contribution >= 0.6 is 0 Å². The van der Waals surface area contributed by atoms with E-state index in [1.165, 1.54) is 12.3 Å². The fraction of sp³-hybridized carbons (Fsp3) is 0.524. The van der Waals surface area contributed by atoms with Crippen molar-refractivity contribution in [2.75, 3.05) is 18.0 Å². The van der Waals surface area contributed by atoms with E-state index in [-0.39, 0.29) is 29.8 Å². The van der Waals surface area contributed by atoms with Gasteiger partial charge in [0.2, 0.25) is 5.91 Å². The van der Waals surface area contributed by atoms with Gasteiger partial charge in [0.05, 0.1) is 23.1 Å². The lowest BCUT2D eigenvalue weighted by Gasteiger charge is -2.39. The van der Waals surface area contributed by atoms with Gasteiger partial charge in [-0.25, -0.2) is 0 Å². The molecule has 2 heterocycles. The normalized spacial score (nSPS) is 23.8. The van der Waals surface area contributed by atoms with Crippen molar-refractivity contribution < 1.29 is 23.1 Å². The quantitative estimate of drug-likeness (QED) is 0.814. The average molecular weight is 407 g/mol. The van der Waals surface area contributed by atoms with Crippen LogP contribution in [0.1, 0.15) is 38.2 Å². The molecule has 1 saturated heterocycles. The highest BCUT2D eigenvalue weighted by molar-refractivity contribution is 5.94. The number of piperidine rings is 1. The van der Waals surface area contributed by atoms with E-state index < -0.39 is 17.3 Å². The van der Waals surface area contributed by atoms with Crippen LogP contribution in [0.15, 0.2) is 30.5 Å². The third-order valence-electron chi connectivity index (χ3n) is 5.73. The van der Waals surface area contributed by atoms with Crippen molar-refractivity contribution in [3.63, 3.8) is 0 Å². The van der Waals surface area contributed by atoms with Gasteiger partial charge in [-0.15, -0.1) is 0 Å². The first-order valence-corrected chi connectivity index (χ1v) is 9.86. The highest BCUT2D eigenvalue weighted by atomic mass is 19.4. The summed E-state index contributed by atoms with van der Waals surface area (Å²) in [6.07, 6.45) is -0.912. The maximum Gasteiger partial charge on any atom is 0.418 e. The Balaban J connectivity index is 1.59. The van der Waals surface area contributed by atoms with Crippen LogP contribution in [-0.2, 0) is 11.0 Å². The summed E-state index contributed by atoms with van der Waals surface area (Å²) < 4.78 is 40.1. The molecule has 1 aromatic heterocycles. The van der Waals surface area contributed by atoms with Crippen molar-refractivity contribution in [1.82, 2.24) is 10.3 Å². The number of hydrogen-bond acceptors (Lipinski definition) is 4. The van der Waals surface area contributed by atoms with Crippen LogP contribution in [0.5, 0.6) is 0 Å². The second kappa shape index (κ2) is 7.16. The maximum absolute atomic E-state index is 13.4. The standard InChI is InChI=1S/C21H24F3N3O2/c1-13-9-14(26-18(28)10-20(29)6-7-20)12-27(11-13)17-5-4-16(21(22,23)24)19-15(17)3-2-8-25-19/h2-5,8,13-14,29H,6-7,9-12H2,1H3,(H,26,28)/t13-,14+/m0/s1. The molecule has 29 heavy (non-hydrogen) atoms. The van der Waals surface area contributed by atoms with Crippen LogP contribution in [-0.4, -0.2) is 40.7 Å². The number of rotatable bonds is 4. The molecule has 0 spiro atoms. The zero-order valence-corrected chi connectivity index (χ0v) is 16.2. The van der Waals surface area contributed by atoms with Crippen molar-refractivity contribution in [3.05, 3.63) is 36.0 Å². The number of fused-ring (bicyclic) bond motifs is 1. The lowest BCUT2D eigenvalue weighted by atomic mass is 9.94. The van der Waals surface area contributed by atoms with Gasteiger partial charge in [0.25, 0.3) is 0 Å². The lowest BCUT2D eigenvalue weighted by Crippen LogP contribution is -2.51. The smallest absolute Gasteiger partial charge is 0.389 e. The number of halogens is 3. The molecular weight excluding hydrogens is 383 g/mol. The van der Waals surface area contributed by atoms with E-state index in [1.807, 2.05) is 4.90 Å². The van der Waals surface area contributed by atoms with Crippen molar-refractivity contribution in [2.24, 2.45) is 5.92 Å². The van der Waals surface area contributed by atoms with Crippen molar-refractivity contribution in [2.45, 2.75) is 50.4 Å². The van der Waals surface area contributed by atoms with Gasteiger partial charge < -0.3 is 15.3 Å². The minimum atomic E-state index is -4.47. The Bertz CT molecular complexity index is 927. The number of pyridine rings is 1. The van der Waals surface area contributed by atoms with E-state index in [0.29, 0.717) is 37.0 Å². The Kier molecular flexibility index (Phi) is 4.93. The van der Waals surface area contributed by atoms with E-state index in [4.69, 9.17) is 0 Å². The van der Waals surface area contributed by atoms with E-state index in [9.17, 15) is 23.1 Å². The highest BCUT2D eigenvalue weighted by Crippen LogP contribution is 2.39. The Morgan fingerprint density at radius 1 is 1.31 bits per heavy atom. The molecule has 2 aliphatic rings. The Morgan fingerprint density at radius 2 is 2.07 bits per heavy atom. The monoisotopic (exact) mass is 407 g/mol. The summed E-state index contributed by atoms with van der Waals surface area (Å²) in [4.78, 5) is 18.3. The number of carbonyl (C=O) groups is 1. The molecule has 2 fully saturated rings. The summed E-state index contributed by atoms with van der Waals surface area (Å²) in [6.45, 7) is 3.25. The number of benzene rings is 1. The average Bonchev–Trinajstić information content (AvgIpc) is 3.35. The van der Waals surface area contributed by atoms with Gasteiger partial charge in [-0.3, -0.25) is 9.78 Å². The second-order valence-electron chi connectivity index (χ2n) is 8.44. The number of carbonyl (C=O) groups excluding carboxylic acids is 1. The Hall–Kier alpha value is -2.35. The van der Waals surface area contributed by atoms with E-state index >= 15 is 0 Å². The minimum absolute atomic E-state index is 0.0627. The number of nitrogens with zero attached hydrogens (tertiary/aromatic N) is 2.